The van der Waals surface area contributed by atoms with Gasteiger partial charge in [0.1, 0.15) is 5.58 Å². The molecule has 3 rings (SSSR count). The Hall–Kier alpha value is -2.35. The molecule has 0 fully saturated rings. The SMILES string of the molecule is NS(=O)(=O)c1ccc(CNC(=O)Cc2coc3ccc(Cl)cc23)cc1. The lowest BCUT2D eigenvalue weighted by Crippen LogP contribution is -2.24. The second-order valence-electron chi connectivity index (χ2n) is 5.54. The van der Waals surface area contributed by atoms with Crippen LogP contribution in [0.1, 0.15) is 11.1 Å². The Morgan fingerprint density at radius 2 is 1.88 bits per heavy atom. The lowest BCUT2D eigenvalue weighted by Gasteiger charge is -2.06. The van der Waals surface area contributed by atoms with Gasteiger partial charge in [-0.05, 0) is 35.9 Å². The summed E-state index contributed by atoms with van der Waals surface area (Å²) in [6.07, 6.45) is 1.70. The molecular weight excluding hydrogens is 364 g/mol. The van der Waals surface area contributed by atoms with Gasteiger partial charge in [-0.3, -0.25) is 4.79 Å². The molecule has 1 heterocycles. The Kier molecular flexibility index (Phi) is 4.80. The minimum Gasteiger partial charge on any atom is -0.464 e. The van der Waals surface area contributed by atoms with Crippen LogP contribution >= 0.6 is 11.6 Å². The molecule has 0 radical (unpaired) electrons. The average Bonchev–Trinajstić information content (AvgIpc) is 2.95. The van der Waals surface area contributed by atoms with Crippen LogP contribution in [0.4, 0.5) is 0 Å². The van der Waals surface area contributed by atoms with E-state index in [1.807, 2.05) is 0 Å². The van der Waals surface area contributed by atoms with E-state index in [0.29, 0.717) is 10.6 Å². The van der Waals surface area contributed by atoms with E-state index < -0.39 is 10.0 Å². The van der Waals surface area contributed by atoms with E-state index >= 15 is 0 Å². The Labute approximate surface area is 149 Å². The molecule has 8 heteroatoms. The van der Waals surface area contributed by atoms with Crippen LogP contribution in [0.2, 0.25) is 5.02 Å². The number of halogens is 1. The maximum atomic E-state index is 12.1. The summed E-state index contributed by atoms with van der Waals surface area (Å²) in [7, 11) is -3.72. The number of nitrogens with two attached hydrogens (primary N) is 1. The van der Waals surface area contributed by atoms with Gasteiger partial charge in [-0.2, -0.15) is 0 Å². The third kappa shape index (κ3) is 4.19. The molecule has 0 saturated heterocycles. The molecule has 1 aromatic heterocycles. The molecular formula is C17H15ClN2O4S. The number of carbonyl (C=O) groups is 1. The monoisotopic (exact) mass is 378 g/mol. The third-order valence-corrected chi connectivity index (χ3v) is 4.87. The van der Waals surface area contributed by atoms with Gasteiger partial charge in [0.25, 0.3) is 0 Å². The first kappa shape index (κ1) is 17.5. The summed E-state index contributed by atoms with van der Waals surface area (Å²) in [4.78, 5) is 12.2. The second kappa shape index (κ2) is 6.87. The van der Waals surface area contributed by atoms with Crippen LogP contribution in [0.5, 0.6) is 0 Å². The van der Waals surface area contributed by atoms with Crippen molar-refractivity contribution in [2.75, 3.05) is 0 Å². The van der Waals surface area contributed by atoms with Gasteiger partial charge in [0.2, 0.25) is 15.9 Å². The first-order valence-electron chi connectivity index (χ1n) is 7.37. The highest BCUT2D eigenvalue weighted by atomic mass is 35.5. The minimum atomic E-state index is -3.72. The number of carbonyl (C=O) groups excluding carboxylic acids is 1. The van der Waals surface area contributed by atoms with Gasteiger partial charge in [-0.15, -0.1) is 0 Å². The predicted octanol–water partition coefficient (Wildman–Crippen LogP) is 2.59. The molecule has 0 saturated carbocycles. The van der Waals surface area contributed by atoms with Gasteiger partial charge < -0.3 is 9.73 Å². The van der Waals surface area contributed by atoms with Crippen molar-refractivity contribution in [2.45, 2.75) is 17.9 Å². The highest BCUT2D eigenvalue weighted by Crippen LogP contribution is 2.25. The molecule has 0 aliphatic rings. The van der Waals surface area contributed by atoms with Gasteiger partial charge in [-0.25, -0.2) is 13.6 Å². The standard InChI is InChI=1S/C17H15ClN2O4S/c18-13-3-6-16-15(8-13)12(10-24-16)7-17(21)20-9-11-1-4-14(5-2-11)25(19,22)23/h1-6,8,10H,7,9H2,(H,20,21)(H2,19,22,23). The van der Waals surface area contributed by atoms with Crippen molar-refractivity contribution in [3.8, 4) is 0 Å². The highest BCUT2D eigenvalue weighted by Gasteiger charge is 2.11. The number of amides is 1. The minimum absolute atomic E-state index is 0.0318. The van der Waals surface area contributed by atoms with Crippen molar-refractivity contribution in [3.05, 3.63) is 64.9 Å². The van der Waals surface area contributed by atoms with E-state index in [-0.39, 0.29) is 23.8 Å². The van der Waals surface area contributed by atoms with E-state index in [2.05, 4.69) is 5.32 Å². The van der Waals surface area contributed by atoms with Crippen LogP contribution in [0, 0.1) is 0 Å². The molecule has 25 heavy (non-hydrogen) atoms. The van der Waals surface area contributed by atoms with Crippen LogP contribution in [-0.4, -0.2) is 14.3 Å². The van der Waals surface area contributed by atoms with Crippen LogP contribution in [0.15, 0.2) is 58.0 Å². The van der Waals surface area contributed by atoms with Crippen LogP contribution < -0.4 is 10.5 Å². The van der Waals surface area contributed by atoms with Gasteiger partial charge in [0.15, 0.2) is 0 Å². The van der Waals surface area contributed by atoms with E-state index in [1.54, 1.807) is 36.6 Å². The van der Waals surface area contributed by atoms with Crippen LogP contribution in [0.25, 0.3) is 11.0 Å². The molecule has 0 aliphatic carbocycles. The zero-order valence-corrected chi connectivity index (χ0v) is 14.6. The molecule has 3 aromatic rings. The molecule has 3 N–H and O–H groups in total. The molecule has 6 nitrogen and oxygen atoms in total. The Morgan fingerprint density at radius 1 is 1.16 bits per heavy atom. The summed E-state index contributed by atoms with van der Waals surface area (Å²) in [6.45, 7) is 0.278. The van der Waals surface area contributed by atoms with Crippen molar-refractivity contribution < 1.29 is 17.6 Å². The fourth-order valence-electron chi connectivity index (χ4n) is 2.42. The quantitative estimate of drug-likeness (QED) is 0.712. The molecule has 0 bridgehead atoms. The first-order chi connectivity index (χ1) is 11.8. The summed E-state index contributed by atoms with van der Waals surface area (Å²) < 4.78 is 27.8. The number of primary sulfonamides is 1. The van der Waals surface area contributed by atoms with Gasteiger partial charge in [-0.1, -0.05) is 23.7 Å². The average molecular weight is 379 g/mol. The molecule has 0 unspecified atom stereocenters. The number of rotatable bonds is 5. The van der Waals surface area contributed by atoms with Gasteiger partial charge >= 0.3 is 0 Å². The molecule has 0 atom stereocenters. The number of fused-ring (bicyclic) bond motifs is 1. The first-order valence-corrected chi connectivity index (χ1v) is 9.29. The number of sulfonamides is 1. The smallest absolute Gasteiger partial charge is 0.238 e. The van der Waals surface area contributed by atoms with Crippen molar-refractivity contribution >= 4 is 38.5 Å². The van der Waals surface area contributed by atoms with Crippen LogP contribution in [-0.2, 0) is 27.8 Å². The lowest BCUT2D eigenvalue weighted by atomic mass is 10.1. The Bertz CT molecular complexity index is 1030. The van der Waals surface area contributed by atoms with Crippen molar-refractivity contribution in [2.24, 2.45) is 5.14 Å². The zero-order chi connectivity index (χ0) is 18.0. The normalized spacial score (nSPS) is 11.6. The van der Waals surface area contributed by atoms with E-state index in [4.69, 9.17) is 21.2 Å². The fourth-order valence-corrected chi connectivity index (χ4v) is 3.11. The second-order valence-corrected chi connectivity index (χ2v) is 7.54. The fraction of sp³-hybridized carbons (Fsp3) is 0.118. The number of nitrogens with one attached hydrogen (secondary N) is 1. The van der Waals surface area contributed by atoms with Gasteiger partial charge in [0, 0.05) is 22.5 Å². The number of furan rings is 1. The third-order valence-electron chi connectivity index (χ3n) is 3.71. The highest BCUT2D eigenvalue weighted by molar-refractivity contribution is 7.89. The van der Waals surface area contributed by atoms with Crippen molar-refractivity contribution in [1.29, 1.82) is 0 Å². The zero-order valence-electron chi connectivity index (χ0n) is 13.0. The predicted molar refractivity (Wildman–Crippen MR) is 94.6 cm³/mol. The molecule has 1 amide bonds. The maximum Gasteiger partial charge on any atom is 0.238 e. The summed E-state index contributed by atoms with van der Waals surface area (Å²) in [5.74, 6) is -0.182. The molecule has 0 aliphatic heterocycles. The van der Waals surface area contributed by atoms with Crippen LogP contribution in [0.3, 0.4) is 0 Å². The number of hydrogen-bond donors (Lipinski definition) is 2. The van der Waals surface area contributed by atoms with E-state index in [9.17, 15) is 13.2 Å². The molecule has 130 valence electrons. The topological polar surface area (TPSA) is 102 Å². The largest absolute Gasteiger partial charge is 0.464 e. The summed E-state index contributed by atoms with van der Waals surface area (Å²) in [5.41, 5.74) is 2.19. The summed E-state index contributed by atoms with van der Waals surface area (Å²) in [6, 6.07) is 11.3. The van der Waals surface area contributed by atoms with E-state index in [0.717, 1.165) is 16.5 Å². The summed E-state index contributed by atoms with van der Waals surface area (Å²) in [5, 5.41) is 9.21. The molecule has 2 aromatic carbocycles. The summed E-state index contributed by atoms with van der Waals surface area (Å²) >= 11 is 5.98. The van der Waals surface area contributed by atoms with E-state index in [1.165, 1.54) is 12.1 Å². The maximum absolute atomic E-state index is 12.1. The van der Waals surface area contributed by atoms with Crippen molar-refractivity contribution in [1.82, 2.24) is 5.32 Å². The van der Waals surface area contributed by atoms with Gasteiger partial charge in [0.05, 0.1) is 17.6 Å². The van der Waals surface area contributed by atoms with Crippen molar-refractivity contribution in [3.63, 3.8) is 0 Å². The molecule has 0 spiro atoms. The lowest BCUT2D eigenvalue weighted by molar-refractivity contribution is -0.120. The Balaban J connectivity index is 1.63. The number of benzene rings is 2. The number of hydrogen-bond acceptors (Lipinski definition) is 4. The Morgan fingerprint density at radius 3 is 2.56 bits per heavy atom.